The van der Waals surface area contributed by atoms with Gasteiger partial charge < -0.3 is 14.5 Å². The summed E-state index contributed by atoms with van der Waals surface area (Å²) in [4.78, 5) is 7.58. The molecule has 6 heteroatoms. The fourth-order valence-electron chi connectivity index (χ4n) is 2.40. The summed E-state index contributed by atoms with van der Waals surface area (Å²) in [7, 11) is 1.52. The first kappa shape index (κ1) is 16.1. The Kier molecular flexibility index (Phi) is 4.64. The van der Waals surface area contributed by atoms with Gasteiger partial charge in [0.05, 0.1) is 23.7 Å². The summed E-state index contributed by atoms with van der Waals surface area (Å²) in [5.74, 6) is 1.47. The number of para-hydroxylation sites is 2. The number of aromatic nitrogens is 2. The highest BCUT2D eigenvalue weighted by Crippen LogP contribution is 2.29. The molecular weight excluding hydrogens is 316 g/mol. The van der Waals surface area contributed by atoms with E-state index in [2.05, 4.69) is 16.0 Å². The van der Waals surface area contributed by atoms with E-state index in [9.17, 15) is 5.26 Å². The number of ether oxygens (including phenoxy) is 2. The summed E-state index contributed by atoms with van der Waals surface area (Å²) in [6.07, 6.45) is 1.72. The summed E-state index contributed by atoms with van der Waals surface area (Å²) in [6, 6.07) is 16.9. The average molecular weight is 330 g/mol. The molecular formula is C19H14N4O2. The van der Waals surface area contributed by atoms with Crippen LogP contribution in [0.25, 0.3) is 22.7 Å². The SMILES string of the molecule is COc1cc(/C=C(/C#N)c2nc3ccccc3[nH]2)ccc1OCC#N. The Balaban J connectivity index is 1.97. The maximum Gasteiger partial charge on any atom is 0.174 e. The van der Waals surface area contributed by atoms with E-state index in [1.54, 1.807) is 24.3 Å². The Bertz CT molecular complexity index is 989. The molecule has 0 aliphatic heterocycles. The zero-order valence-electron chi connectivity index (χ0n) is 13.5. The molecule has 122 valence electrons. The fourth-order valence-corrected chi connectivity index (χ4v) is 2.40. The van der Waals surface area contributed by atoms with Crippen LogP contribution in [0.15, 0.2) is 42.5 Å². The van der Waals surface area contributed by atoms with E-state index in [0.29, 0.717) is 22.9 Å². The molecule has 25 heavy (non-hydrogen) atoms. The minimum atomic E-state index is -0.0615. The van der Waals surface area contributed by atoms with Gasteiger partial charge in [-0.2, -0.15) is 10.5 Å². The maximum atomic E-state index is 9.49. The van der Waals surface area contributed by atoms with Gasteiger partial charge in [-0.1, -0.05) is 18.2 Å². The number of nitrogens with one attached hydrogen (secondary N) is 1. The highest BCUT2D eigenvalue weighted by atomic mass is 16.5. The van der Waals surface area contributed by atoms with Crippen LogP contribution in [0.2, 0.25) is 0 Å². The van der Waals surface area contributed by atoms with Crippen LogP contribution in [-0.2, 0) is 0 Å². The molecule has 0 aliphatic carbocycles. The Labute approximate surface area is 144 Å². The summed E-state index contributed by atoms with van der Waals surface area (Å²) < 4.78 is 10.6. The number of imidazole rings is 1. The van der Waals surface area contributed by atoms with Crippen LogP contribution in [0.3, 0.4) is 0 Å². The van der Waals surface area contributed by atoms with E-state index in [4.69, 9.17) is 14.7 Å². The molecule has 1 N–H and O–H groups in total. The van der Waals surface area contributed by atoms with Crippen molar-refractivity contribution in [2.24, 2.45) is 0 Å². The third-order valence-electron chi connectivity index (χ3n) is 3.56. The number of nitrogens with zero attached hydrogens (tertiary/aromatic N) is 3. The summed E-state index contributed by atoms with van der Waals surface area (Å²) in [5.41, 5.74) is 2.84. The lowest BCUT2D eigenvalue weighted by molar-refractivity contribution is 0.329. The second-order valence-electron chi connectivity index (χ2n) is 5.13. The van der Waals surface area contributed by atoms with Crippen LogP contribution < -0.4 is 9.47 Å². The molecule has 0 fully saturated rings. The molecule has 6 nitrogen and oxygen atoms in total. The van der Waals surface area contributed by atoms with Gasteiger partial charge in [-0.15, -0.1) is 0 Å². The van der Waals surface area contributed by atoms with E-state index in [0.717, 1.165) is 16.6 Å². The number of fused-ring (bicyclic) bond motifs is 1. The first-order valence-electron chi connectivity index (χ1n) is 7.50. The first-order chi connectivity index (χ1) is 12.2. The maximum absolute atomic E-state index is 9.49. The zero-order chi connectivity index (χ0) is 17.6. The number of allylic oxidation sites excluding steroid dienone is 1. The van der Waals surface area contributed by atoms with Gasteiger partial charge in [-0.05, 0) is 35.9 Å². The largest absolute Gasteiger partial charge is 0.493 e. The number of H-pyrrole nitrogens is 1. The molecule has 0 aliphatic rings. The van der Waals surface area contributed by atoms with Gasteiger partial charge in [0, 0.05) is 0 Å². The van der Waals surface area contributed by atoms with Gasteiger partial charge in [0.15, 0.2) is 18.1 Å². The zero-order valence-corrected chi connectivity index (χ0v) is 13.5. The third kappa shape index (κ3) is 3.44. The van der Waals surface area contributed by atoms with Gasteiger partial charge in [0.2, 0.25) is 0 Å². The molecule has 3 rings (SSSR count). The Morgan fingerprint density at radius 1 is 1.20 bits per heavy atom. The highest BCUT2D eigenvalue weighted by molar-refractivity contribution is 5.90. The second kappa shape index (κ2) is 7.20. The molecule has 0 saturated heterocycles. The quantitative estimate of drug-likeness (QED) is 0.722. The number of hydrogen-bond acceptors (Lipinski definition) is 5. The number of hydrogen-bond donors (Lipinski definition) is 1. The van der Waals surface area contributed by atoms with Crippen LogP contribution >= 0.6 is 0 Å². The van der Waals surface area contributed by atoms with Crippen molar-refractivity contribution in [2.75, 3.05) is 13.7 Å². The molecule has 2 aromatic carbocycles. The molecule has 0 atom stereocenters. The van der Waals surface area contributed by atoms with Crippen molar-refractivity contribution >= 4 is 22.7 Å². The van der Waals surface area contributed by atoms with Crippen molar-refractivity contribution in [3.05, 3.63) is 53.9 Å². The van der Waals surface area contributed by atoms with Crippen LogP contribution in [0.5, 0.6) is 11.5 Å². The van der Waals surface area contributed by atoms with Crippen molar-refractivity contribution in [1.29, 1.82) is 10.5 Å². The number of rotatable bonds is 5. The van der Waals surface area contributed by atoms with Gasteiger partial charge in [0.25, 0.3) is 0 Å². The molecule has 0 saturated carbocycles. The molecule has 0 amide bonds. The van der Waals surface area contributed by atoms with Crippen LogP contribution in [0.1, 0.15) is 11.4 Å². The van der Waals surface area contributed by atoms with Crippen molar-refractivity contribution in [3.63, 3.8) is 0 Å². The van der Waals surface area contributed by atoms with Gasteiger partial charge >= 0.3 is 0 Å². The normalized spacial score (nSPS) is 10.9. The van der Waals surface area contributed by atoms with Crippen LogP contribution in [0, 0.1) is 22.7 Å². The molecule has 0 spiro atoms. The van der Waals surface area contributed by atoms with Gasteiger partial charge in [-0.25, -0.2) is 4.98 Å². The Hall–Kier alpha value is -3.77. The summed E-state index contributed by atoms with van der Waals surface area (Å²) >= 11 is 0. The molecule has 1 aromatic heterocycles. The predicted molar refractivity (Wildman–Crippen MR) is 93.7 cm³/mol. The van der Waals surface area contributed by atoms with E-state index < -0.39 is 0 Å². The molecule has 0 unspecified atom stereocenters. The number of methoxy groups -OCH3 is 1. The lowest BCUT2D eigenvalue weighted by atomic mass is 10.1. The number of benzene rings is 2. The van der Waals surface area contributed by atoms with Gasteiger partial charge in [-0.3, -0.25) is 0 Å². The minimum Gasteiger partial charge on any atom is -0.493 e. The molecule has 0 bridgehead atoms. The fraction of sp³-hybridized carbons (Fsp3) is 0.105. The first-order valence-corrected chi connectivity index (χ1v) is 7.50. The molecule has 1 heterocycles. The smallest absolute Gasteiger partial charge is 0.174 e. The van der Waals surface area contributed by atoms with E-state index in [1.807, 2.05) is 30.3 Å². The molecule has 0 radical (unpaired) electrons. The lowest BCUT2D eigenvalue weighted by Gasteiger charge is -2.09. The van der Waals surface area contributed by atoms with Crippen molar-refractivity contribution in [2.45, 2.75) is 0 Å². The van der Waals surface area contributed by atoms with Crippen LogP contribution in [0.4, 0.5) is 0 Å². The Morgan fingerprint density at radius 2 is 2.04 bits per heavy atom. The highest BCUT2D eigenvalue weighted by Gasteiger charge is 2.09. The van der Waals surface area contributed by atoms with E-state index in [-0.39, 0.29) is 6.61 Å². The molecule has 3 aromatic rings. The third-order valence-corrected chi connectivity index (χ3v) is 3.56. The van der Waals surface area contributed by atoms with Crippen LogP contribution in [-0.4, -0.2) is 23.7 Å². The number of aromatic amines is 1. The van der Waals surface area contributed by atoms with E-state index in [1.165, 1.54) is 7.11 Å². The summed E-state index contributed by atoms with van der Waals surface area (Å²) in [6.45, 7) is -0.0615. The minimum absolute atomic E-state index is 0.0615. The summed E-state index contributed by atoms with van der Waals surface area (Å²) in [5, 5.41) is 18.1. The van der Waals surface area contributed by atoms with Crippen molar-refractivity contribution in [3.8, 4) is 23.6 Å². The monoisotopic (exact) mass is 330 g/mol. The van der Waals surface area contributed by atoms with Gasteiger partial charge in [0.1, 0.15) is 18.0 Å². The van der Waals surface area contributed by atoms with E-state index >= 15 is 0 Å². The Morgan fingerprint density at radius 3 is 2.76 bits per heavy atom. The number of nitriles is 2. The second-order valence-corrected chi connectivity index (χ2v) is 5.13. The lowest BCUT2D eigenvalue weighted by Crippen LogP contribution is -1.97. The topological polar surface area (TPSA) is 94.7 Å². The van der Waals surface area contributed by atoms with Crippen molar-refractivity contribution in [1.82, 2.24) is 9.97 Å². The predicted octanol–water partition coefficient (Wildman–Crippen LogP) is 3.54. The van der Waals surface area contributed by atoms with Crippen molar-refractivity contribution < 1.29 is 9.47 Å². The average Bonchev–Trinajstić information content (AvgIpc) is 3.08. The standard InChI is InChI=1S/C19H14N4O2/c1-24-18-11-13(6-7-17(18)25-9-8-20)10-14(12-21)19-22-15-4-2-3-5-16(15)23-19/h2-7,10-11H,9H2,1H3,(H,22,23)/b14-10-.